The van der Waals surface area contributed by atoms with Gasteiger partial charge in [-0.3, -0.25) is 14.8 Å². The highest BCUT2D eigenvalue weighted by Gasteiger charge is 2.22. The minimum atomic E-state index is -0.502. The molecule has 75 valence electrons. The van der Waals surface area contributed by atoms with Crippen LogP contribution in [0.15, 0.2) is 0 Å². The molecule has 0 aromatic heterocycles. The number of carbonyl (C=O) groups is 1. The van der Waals surface area contributed by atoms with E-state index in [0.29, 0.717) is 23.8 Å². The molecule has 0 aromatic rings. The average Bonchev–Trinajstić information content (AvgIpc) is 2.11. The van der Waals surface area contributed by atoms with Crippen LogP contribution in [0.1, 0.15) is 27.2 Å². The number of carbonyl (C=O) groups excluding carboxylic acids is 2. The molecule has 4 nitrogen and oxygen atoms in total. The second-order valence-corrected chi connectivity index (χ2v) is 3.58. The maximum Gasteiger partial charge on any atom is 0.233 e. The van der Waals surface area contributed by atoms with Crippen molar-refractivity contribution in [1.29, 1.82) is 0 Å². The Morgan fingerprint density at radius 3 is 2.31 bits per heavy atom. The molecule has 0 spiro atoms. The van der Waals surface area contributed by atoms with Gasteiger partial charge in [-0.2, -0.15) is 0 Å². The van der Waals surface area contributed by atoms with Crippen LogP contribution < -0.4 is 0 Å². The Bertz CT molecular complexity index is 170. The van der Waals surface area contributed by atoms with Crippen molar-refractivity contribution in [3.05, 3.63) is 0 Å². The largest absolute Gasteiger partial charge is 0.290 e. The van der Waals surface area contributed by atoms with Crippen molar-refractivity contribution < 1.29 is 14.8 Å². The number of hydrogen-bond acceptors (Lipinski definition) is 3. The van der Waals surface area contributed by atoms with Crippen LogP contribution in [-0.4, -0.2) is 29.0 Å². The van der Waals surface area contributed by atoms with E-state index in [-0.39, 0.29) is 0 Å². The molecular formula is C9H16NO3. The highest BCUT2D eigenvalue weighted by atomic mass is 16.5. The Hall–Kier alpha value is -0.900. The van der Waals surface area contributed by atoms with E-state index in [1.807, 2.05) is 20.1 Å². The fourth-order valence-electron chi connectivity index (χ4n) is 1.13. The summed E-state index contributed by atoms with van der Waals surface area (Å²) in [6, 6.07) is -0.502. The predicted octanol–water partition coefficient (Wildman–Crippen LogP) is 0.994. The van der Waals surface area contributed by atoms with Crippen LogP contribution in [0.25, 0.3) is 0 Å². The molecule has 0 aliphatic heterocycles. The highest BCUT2D eigenvalue weighted by molar-refractivity contribution is 5.57. The van der Waals surface area contributed by atoms with E-state index < -0.39 is 12.0 Å². The van der Waals surface area contributed by atoms with Crippen molar-refractivity contribution in [3.63, 3.8) is 0 Å². The van der Waals surface area contributed by atoms with Crippen molar-refractivity contribution in [3.8, 4) is 0 Å². The fourth-order valence-corrected chi connectivity index (χ4v) is 1.13. The van der Waals surface area contributed by atoms with Gasteiger partial charge in [0.1, 0.15) is 0 Å². The first-order chi connectivity index (χ1) is 6.02. The van der Waals surface area contributed by atoms with E-state index >= 15 is 0 Å². The third-order valence-electron chi connectivity index (χ3n) is 1.98. The molecule has 0 aliphatic carbocycles. The van der Waals surface area contributed by atoms with Gasteiger partial charge in [0, 0.05) is 5.92 Å². The molecule has 1 amide bonds. The summed E-state index contributed by atoms with van der Waals surface area (Å²) in [7, 11) is 0. The molecule has 1 N–H and O–H groups in total. The van der Waals surface area contributed by atoms with Gasteiger partial charge >= 0.3 is 0 Å². The molecule has 2 atom stereocenters. The Labute approximate surface area is 78.5 Å². The van der Waals surface area contributed by atoms with Crippen LogP contribution >= 0.6 is 0 Å². The Morgan fingerprint density at radius 1 is 1.46 bits per heavy atom. The summed E-state index contributed by atoms with van der Waals surface area (Å²) in [5, 5.41) is 9.54. The summed E-state index contributed by atoms with van der Waals surface area (Å²) in [5.74, 6) is -0.0795. The van der Waals surface area contributed by atoms with Crippen molar-refractivity contribution in [2.75, 3.05) is 0 Å². The zero-order chi connectivity index (χ0) is 10.4. The number of rotatable bonds is 6. The van der Waals surface area contributed by atoms with Crippen molar-refractivity contribution >= 4 is 12.7 Å². The van der Waals surface area contributed by atoms with Crippen LogP contribution in [0.4, 0.5) is 0 Å². The predicted molar refractivity (Wildman–Crippen MR) is 47.8 cm³/mol. The standard InChI is InChI=1S/C9H16NO3/c1-7(2)4-9(5-11)8(3)10(13)6-12/h6-9,13H,4H2,1-3H3. The molecule has 13 heavy (non-hydrogen) atoms. The van der Waals surface area contributed by atoms with Gasteiger partial charge < -0.3 is 0 Å². The van der Waals surface area contributed by atoms with Gasteiger partial charge in [0.05, 0.1) is 6.04 Å². The van der Waals surface area contributed by atoms with Crippen LogP contribution in [0.3, 0.4) is 0 Å². The van der Waals surface area contributed by atoms with E-state index in [1.54, 1.807) is 6.92 Å². The smallest absolute Gasteiger partial charge is 0.233 e. The van der Waals surface area contributed by atoms with Crippen molar-refractivity contribution in [2.24, 2.45) is 11.8 Å². The van der Waals surface area contributed by atoms with Crippen LogP contribution in [0.5, 0.6) is 0 Å². The summed E-state index contributed by atoms with van der Waals surface area (Å²) in [5.41, 5.74) is 0. The van der Waals surface area contributed by atoms with E-state index in [9.17, 15) is 9.59 Å². The number of hydrogen-bond donors (Lipinski definition) is 1. The average molecular weight is 186 g/mol. The Balaban J connectivity index is 4.21. The lowest BCUT2D eigenvalue weighted by molar-refractivity contribution is -0.161. The van der Waals surface area contributed by atoms with Crippen LogP contribution in [0.2, 0.25) is 0 Å². The Kier molecular flexibility index (Phi) is 5.30. The second-order valence-electron chi connectivity index (χ2n) is 3.58. The second kappa shape index (κ2) is 5.70. The molecule has 0 aliphatic rings. The van der Waals surface area contributed by atoms with Crippen molar-refractivity contribution in [1.82, 2.24) is 5.06 Å². The lowest BCUT2D eigenvalue weighted by atomic mass is 9.92. The third-order valence-corrected chi connectivity index (χ3v) is 1.98. The summed E-state index contributed by atoms with van der Waals surface area (Å²) in [4.78, 5) is 20.7. The maximum atomic E-state index is 10.5. The highest BCUT2D eigenvalue weighted by Crippen LogP contribution is 2.15. The lowest BCUT2D eigenvalue weighted by Crippen LogP contribution is -2.36. The lowest BCUT2D eigenvalue weighted by Gasteiger charge is -2.24. The van der Waals surface area contributed by atoms with Crippen LogP contribution in [0, 0.1) is 11.8 Å². The molecule has 0 rings (SSSR count). The monoisotopic (exact) mass is 186 g/mol. The first-order valence-corrected chi connectivity index (χ1v) is 4.33. The molecule has 4 heteroatoms. The normalized spacial score (nSPS) is 15.2. The van der Waals surface area contributed by atoms with Crippen molar-refractivity contribution in [2.45, 2.75) is 33.2 Å². The molecule has 0 bridgehead atoms. The summed E-state index contributed by atoms with van der Waals surface area (Å²) < 4.78 is 0. The molecule has 0 saturated heterocycles. The van der Waals surface area contributed by atoms with Gasteiger partial charge in [-0.25, -0.2) is 5.06 Å². The first-order valence-electron chi connectivity index (χ1n) is 4.33. The molecule has 1 radical (unpaired) electrons. The molecule has 2 unspecified atom stereocenters. The zero-order valence-corrected chi connectivity index (χ0v) is 8.23. The number of amides is 1. The molecule has 0 heterocycles. The van der Waals surface area contributed by atoms with E-state index in [4.69, 9.17) is 5.21 Å². The first kappa shape index (κ1) is 12.1. The quantitative estimate of drug-likeness (QED) is 0.382. The fraction of sp³-hybridized carbons (Fsp3) is 0.778. The van der Waals surface area contributed by atoms with E-state index in [1.165, 1.54) is 0 Å². The molecule has 0 aromatic carbocycles. The van der Waals surface area contributed by atoms with Gasteiger partial charge in [-0.15, -0.1) is 0 Å². The summed E-state index contributed by atoms with van der Waals surface area (Å²) >= 11 is 0. The van der Waals surface area contributed by atoms with Gasteiger partial charge in [-0.1, -0.05) is 13.8 Å². The van der Waals surface area contributed by atoms with Gasteiger partial charge in [-0.05, 0) is 19.3 Å². The van der Waals surface area contributed by atoms with E-state index in [2.05, 4.69) is 0 Å². The molecule has 0 fully saturated rings. The zero-order valence-electron chi connectivity index (χ0n) is 8.23. The SMILES string of the molecule is CC(C)CC([C]=O)C(C)N(O)C=O. The molecule has 0 saturated carbocycles. The topological polar surface area (TPSA) is 57.6 Å². The maximum absolute atomic E-state index is 10.5. The van der Waals surface area contributed by atoms with Crippen LogP contribution in [-0.2, 0) is 9.59 Å². The minimum absolute atomic E-state index is 0.301. The number of nitrogens with zero attached hydrogens (tertiary/aromatic N) is 1. The minimum Gasteiger partial charge on any atom is -0.290 e. The van der Waals surface area contributed by atoms with Gasteiger partial charge in [0.2, 0.25) is 12.7 Å². The summed E-state index contributed by atoms with van der Waals surface area (Å²) in [6.45, 7) is 5.56. The summed E-state index contributed by atoms with van der Waals surface area (Å²) in [6.07, 6.45) is 2.76. The molecular weight excluding hydrogens is 170 g/mol. The van der Waals surface area contributed by atoms with Gasteiger partial charge in [0.25, 0.3) is 0 Å². The van der Waals surface area contributed by atoms with E-state index in [0.717, 1.165) is 0 Å². The number of hydroxylamine groups is 2. The van der Waals surface area contributed by atoms with Gasteiger partial charge in [0.15, 0.2) is 0 Å². The third kappa shape index (κ3) is 4.03. The Morgan fingerprint density at radius 2 is 2.00 bits per heavy atom.